The number of nitrogens with one attached hydrogen (secondary N) is 2. The molecule has 0 saturated heterocycles. The summed E-state index contributed by atoms with van der Waals surface area (Å²) in [6.45, 7) is 0.736. The van der Waals surface area contributed by atoms with Crippen LogP contribution in [0.15, 0.2) is 56.3 Å². The number of rotatable bonds is 6. The number of hydrogen-bond acceptors (Lipinski definition) is 5. The van der Waals surface area contributed by atoms with Crippen LogP contribution in [0.3, 0.4) is 0 Å². The molecule has 2 N–H and O–H groups in total. The van der Waals surface area contributed by atoms with Gasteiger partial charge in [0.25, 0.3) is 5.91 Å². The second kappa shape index (κ2) is 7.73. The second-order valence-corrected chi connectivity index (χ2v) is 8.57. The van der Waals surface area contributed by atoms with Gasteiger partial charge in [0.2, 0.25) is 0 Å². The lowest BCUT2D eigenvalue weighted by Crippen LogP contribution is -2.16. The highest BCUT2D eigenvalue weighted by Crippen LogP contribution is 2.32. The predicted molar refractivity (Wildman–Crippen MR) is 119 cm³/mol. The third-order valence-electron chi connectivity index (χ3n) is 5.36. The maximum absolute atomic E-state index is 13.1. The summed E-state index contributed by atoms with van der Waals surface area (Å²) in [7, 11) is 1.85. The number of fused-ring (bicyclic) bond motifs is 1. The molecule has 8 nitrogen and oxygen atoms in total. The molecule has 1 fully saturated rings. The first-order valence-corrected chi connectivity index (χ1v) is 10.7. The van der Waals surface area contributed by atoms with Crippen LogP contribution in [0.5, 0.6) is 5.75 Å². The molecule has 31 heavy (non-hydrogen) atoms. The highest BCUT2D eigenvalue weighted by atomic mass is 79.9. The largest absolute Gasteiger partial charge is 0.493 e. The van der Waals surface area contributed by atoms with Crippen molar-refractivity contribution < 1.29 is 14.1 Å². The molecule has 1 amide bonds. The number of aryl methyl sites for hydroxylation is 1. The molecule has 5 rings (SSSR count). The van der Waals surface area contributed by atoms with Crippen molar-refractivity contribution in [2.75, 3.05) is 11.9 Å². The fourth-order valence-corrected chi connectivity index (χ4v) is 3.83. The Balaban J connectivity index is 1.44. The fourth-order valence-electron chi connectivity index (χ4n) is 3.47. The van der Waals surface area contributed by atoms with Crippen LogP contribution in [0, 0.1) is 5.92 Å². The number of carbonyl (C=O) groups is 1. The van der Waals surface area contributed by atoms with Crippen LogP contribution in [0.2, 0.25) is 0 Å². The lowest BCUT2D eigenvalue weighted by Gasteiger charge is -2.10. The first kappa shape index (κ1) is 19.6. The highest BCUT2D eigenvalue weighted by Gasteiger charge is 2.22. The van der Waals surface area contributed by atoms with Crippen molar-refractivity contribution in [2.24, 2.45) is 13.0 Å². The third-order valence-corrected chi connectivity index (χ3v) is 5.85. The van der Waals surface area contributed by atoms with Gasteiger partial charge in [-0.2, -0.15) is 0 Å². The van der Waals surface area contributed by atoms with Crippen LogP contribution in [0.25, 0.3) is 22.3 Å². The molecule has 0 unspecified atom stereocenters. The van der Waals surface area contributed by atoms with E-state index in [-0.39, 0.29) is 11.7 Å². The Morgan fingerprint density at radius 1 is 1.29 bits per heavy atom. The van der Waals surface area contributed by atoms with E-state index in [0.717, 1.165) is 27.7 Å². The van der Waals surface area contributed by atoms with E-state index in [1.165, 1.54) is 12.8 Å². The molecule has 0 radical (unpaired) electrons. The zero-order valence-corrected chi connectivity index (χ0v) is 18.2. The van der Waals surface area contributed by atoms with Gasteiger partial charge < -0.3 is 14.6 Å². The number of aromatic amines is 1. The Bertz CT molecular complexity index is 1350. The van der Waals surface area contributed by atoms with Crippen LogP contribution in [0.1, 0.15) is 23.3 Å². The number of anilines is 1. The highest BCUT2D eigenvalue weighted by molar-refractivity contribution is 9.10. The monoisotopic (exact) mass is 482 g/mol. The summed E-state index contributed by atoms with van der Waals surface area (Å²) >= 11 is 3.40. The molecule has 2 heterocycles. The molecular weight excluding hydrogens is 464 g/mol. The topological polar surface area (TPSA) is 102 Å². The molecule has 0 bridgehead atoms. The summed E-state index contributed by atoms with van der Waals surface area (Å²) in [5.41, 5.74) is 2.44. The van der Waals surface area contributed by atoms with Gasteiger partial charge in [0.15, 0.2) is 5.82 Å². The molecular formula is C22H19BrN4O4. The number of halogens is 1. The SMILES string of the molecule is Cn1c(C(=O)Nc2ccc(Br)cc2-c2noc(=O)[nH]2)cc2ccc(OCC3CC3)cc21. The molecule has 1 aliphatic rings. The first-order chi connectivity index (χ1) is 15.0. The summed E-state index contributed by atoms with van der Waals surface area (Å²) in [4.78, 5) is 27.0. The lowest BCUT2D eigenvalue weighted by molar-refractivity contribution is 0.102. The summed E-state index contributed by atoms with van der Waals surface area (Å²) in [6, 6.07) is 13.0. The van der Waals surface area contributed by atoms with E-state index in [2.05, 4.69) is 35.9 Å². The molecule has 2 aromatic heterocycles. The van der Waals surface area contributed by atoms with Crippen LogP contribution in [-0.2, 0) is 7.05 Å². The van der Waals surface area contributed by atoms with E-state index in [1.54, 1.807) is 18.2 Å². The van der Waals surface area contributed by atoms with Crippen molar-refractivity contribution in [3.05, 3.63) is 63.2 Å². The van der Waals surface area contributed by atoms with Gasteiger partial charge in [-0.3, -0.25) is 14.3 Å². The van der Waals surface area contributed by atoms with Crippen molar-refractivity contribution in [1.82, 2.24) is 14.7 Å². The quantitative estimate of drug-likeness (QED) is 0.425. The molecule has 1 saturated carbocycles. The zero-order chi connectivity index (χ0) is 21.5. The van der Waals surface area contributed by atoms with E-state index in [0.29, 0.717) is 22.9 Å². The van der Waals surface area contributed by atoms with E-state index in [4.69, 9.17) is 4.74 Å². The Hall–Kier alpha value is -3.33. The van der Waals surface area contributed by atoms with E-state index < -0.39 is 5.76 Å². The van der Waals surface area contributed by atoms with Gasteiger partial charge in [0.05, 0.1) is 17.8 Å². The molecule has 0 spiro atoms. The van der Waals surface area contributed by atoms with Crippen molar-refractivity contribution in [2.45, 2.75) is 12.8 Å². The standard InChI is InChI=1S/C22H19BrN4O4/c1-27-18-10-15(30-11-12-2-3-12)6-4-13(18)8-19(27)21(28)24-17-7-5-14(23)9-16(17)20-25-22(29)31-26-20/h4-10,12H,2-3,11H2,1H3,(H,24,28)(H,25,26,29). The van der Waals surface area contributed by atoms with Gasteiger partial charge in [0, 0.05) is 28.5 Å². The molecule has 0 atom stereocenters. The maximum atomic E-state index is 13.1. The van der Waals surface area contributed by atoms with Crippen LogP contribution in [-0.4, -0.2) is 27.2 Å². The summed E-state index contributed by atoms with van der Waals surface area (Å²) in [5.74, 6) is 0.758. The molecule has 158 valence electrons. The maximum Gasteiger partial charge on any atom is 0.439 e. The zero-order valence-electron chi connectivity index (χ0n) is 16.6. The Kier molecular flexibility index (Phi) is 4.90. The molecule has 2 aromatic carbocycles. The minimum atomic E-state index is -0.666. The fraction of sp³-hybridized carbons (Fsp3) is 0.227. The molecule has 9 heteroatoms. The van der Waals surface area contributed by atoms with Gasteiger partial charge in [-0.15, -0.1) is 0 Å². The van der Waals surface area contributed by atoms with Crippen molar-refractivity contribution in [1.29, 1.82) is 0 Å². The number of aromatic nitrogens is 3. The van der Waals surface area contributed by atoms with Gasteiger partial charge >= 0.3 is 5.76 Å². The number of H-pyrrole nitrogens is 1. The number of benzene rings is 2. The molecule has 4 aromatic rings. The van der Waals surface area contributed by atoms with E-state index in [9.17, 15) is 9.59 Å². The summed E-state index contributed by atoms with van der Waals surface area (Å²) < 4.78 is 13.1. The number of amides is 1. The Labute approximate surface area is 185 Å². The van der Waals surface area contributed by atoms with Crippen molar-refractivity contribution in [3.8, 4) is 17.1 Å². The molecule has 1 aliphatic carbocycles. The van der Waals surface area contributed by atoms with E-state index >= 15 is 0 Å². The van der Waals surface area contributed by atoms with Crippen molar-refractivity contribution in [3.63, 3.8) is 0 Å². The number of carbonyl (C=O) groups excluding carboxylic acids is 1. The lowest BCUT2D eigenvalue weighted by atomic mass is 10.1. The summed E-state index contributed by atoms with van der Waals surface area (Å²) in [6.07, 6.45) is 2.47. The van der Waals surface area contributed by atoms with E-state index in [1.807, 2.05) is 35.9 Å². The third kappa shape index (κ3) is 4.00. The number of ether oxygens (including phenoxy) is 1. The number of nitrogens with zero attached hydrogens (tertiary/aromatic N) is 2. The summed E-state index contributed by atoms with van der Waals surface area (Å²) in [5, 5.41) is 7.59. The average Bonchev–Trinajstić information content (AvgIpc) is 3.40. The normalized spacial score (nSPS) is 13.5. The molecule has 0 aliphatic heterocycles. The second-order valence-electron chi connectivity index (χ2n) is 7.65. The van der Waals surface area contributed by atoms with Crippen LogP contribution < -0.4 is 15.8 Å². The van der Waals surface area contributed by atoms with Gasteiger partial charge in [-0.05, 0) is 55.2 Å². The number of hydrogen-bond donors (Lipinski definition) is 2. The van der Waals surface area contributed by atoms with Gasteiger partial charge in [-0.25, -0.2) is 4.79 Å². The smallest absolute Gasteiger partial charge is 0.439 e. The first-order valence-electron chi connectivity index (χ1n) is 9.87. The Morgan fingerprint density at radius 3 is 2.87 bits per heavy atom. The van der Waals surface area contributed by atoms with Crippen molar-refractivity contribution >= 4 is 38.4 Å². The van der Waals surface area contributed by atoms with Crippen LogP contribution in [0.4, 0.5) is 5.69 Å². The minimum Gasteiger partial charge on any atom is -0.493 e. The average molecular weight is 483 g/mol. The van der Waals surface area contributed by atoms with Crippen LogP contribution >= 0.6 is 15.9 Å². The minimum absolute atomic E-state index is 0.232. The Morgan fingerprint density at radius 2 is 2.13 bits per heavy atom. The van der Waals surface area contributed by atoms with Gasteiger partial charge in [0.1, 0.15) is 11.4 Å². The van der Waals surface area contributed by atoms with Gasteiger partial charge in [-0.1, -0.05) is 21.1 Å². The predicted octanol–water partition coefficient (Wildman–Crippen LogP) is 4.33.